The Morgan fingerprint density at radius 3 is 2.32 bits per heavy atom. The molecule has 0 aliphatic carbocycles. The summed E-state index contributed by atoms with van der Waals surface area (Å²) in [6.45, 7) is 6.17. The largest absolute Gasteiger partial charge is 0.497 e. The van der Waals surface area contributed by atoms with Crippen molar-refractivity contribution in [2.75, 3.05) is 7.11 Å². The van der Waals surface area contributed by atoms with E-state index in [1.807, 2.05) is 38.1 Å². The van der Waals surface area contributed by atoms with Crippen LogP contribution in [0.25, 0.3) is 23.2 Å². The van der Waals surface area contributed by atoms with Gasteiger partial charge in [-0.3, -0.25) is 0 Å². The Morgan fingerprint density at radius 2 is 1.72 bits per heavy atom. The van der Waals surface area contributed by atoms with Gasteiger partial charge in [0, 0.05) is 17.3 Å². The molecule has 5 nitrogen and oxygen atoms in total. The highest BCUT2D eigenvalue weighted by Gasteiger charge is 2.13. The molecule has 1 heterocycles. The quantitative estimate of drug-likeness (QED) is 0.776. The molecule has 25 heavy (non-hydrogen) atoms. The van der Waals surface area contributed by atoms with Crippen molar-refractivity contribution in [1.29, 1.82) is 0 Å². The number of aryl methyl sites for hydroxylation is 3. The third-order valence-corrected chi connectivity index (χ3v) is 4.04. The second-order valence-electron chi connectivity index (χ2n) is 6.06. The van der Waals surface area contributed by atoms with Crippen molar-refractivity contribution in [1.82, 2.24) is 10.1 Å². The highest BCUT2D eigenvalue weighted by atomic mass is 16.5. The van der Waals surface area contributed by atoms with E-state index in [0.29, 0.717) is 17.4 Å². The predicted octanol–water partition coefficient (Wildman–Crippen LogP) is 4.13. The van der Waals surface area contributed by atoms with Gasteiger partial charge in [0.2, 0.25) is 5.82 Å². The zero-order valence-corrected chi connectivity index (χ0v) is 14.8. The molecule has 3 aromatic rings. The summed E-state index contributed by atoms with van der Waals surface area (Å²) in [5, 5.41) is 4.11. The summed E-state index contributed by atoms with van der Waals surface area (Å²) < 4.78 is 10.5. The third kappa shape index (κ3) is 3.55. The van der Waals surface area contributed by atoms with Gasteiger partial charge in [-0.1, -0.05) is 22.9 Å². The number of aromatic nitrogens is 2. The number of methoxy groups -OCH3 is 1. The highest BCUT2D eigenvalue weighted by Crippen LogP contribution is 2.26. The minimum atomic E-state index is 0.377. The maximum atomic E-state index is 6.14. The molecule has 0 bridgehead atoms. The van der Waals surface area contributed by atoms with E-state index in [9.17, 15) is 0 Å². The summed E-state index contributed by atoms with van der Waals surface area (Å²) in [4.78, 5) is 4.47. The van der Waals surface area contributed by atoms with Crippen molar-refractivity contribution in [2.45, 2.75) is 20.8 Å². The highest BCUT2D eigenvalue weighted by molar-refractivity contribution is 5.77. The van der Waals surface area contributed by atoms with Gasteiger partial charge in [-0.25, -0.2) is 0 Å². The van der Waals surface area contributed by atoms with Gasteiger partial charge >= 0.3 is 0 Å². The van der Waals surface area contributed by atoms with E-state index >= 15 is 0 Å². The minimum absolute atomic E-state index is 0.377. The average molecular weight is 335 g/mol. The molecular weight excluding hydrogens is 314 g/mol. The van der Waals surface area contributed by atoms with Crippen LogP contribution in [0.15, 0.2) is 40.9 Å². The molecule has 0 spiro atoms. The molecule has 0 unspecified atom stereocenters. The lowest BCUT2D eigenvalue weighted by atomic mass is 9.99. The van der Waals surface area contributed by atoms with Crippen LogP contribution in [-0.2, 0) is 0 Å². The fourth-order valence-electron chi connectivity index (χ4n) is 2.93. The van der Waals surface area contributed by atoms with Crippen LogP contribution >= 0.6 is 0 Å². The number of rotatable bonds is 4. The smallest absolute Gasteiger partial charge is 0.253 e. The van der Waals surface area contributed by atoms with Gasteiger partial charge in [-0.05, 0) is 61.7 Å². The first-order valence-corrected chi connectivity index (χ1v) is 8.01. The predicted molar refractivity (Wildman–Crippen MR) is 99.0 cm³/mol. The van der Waals surface area contributed by atoms with Gasteiger partial charge in [0.25, 0.3) is 5.89 Å². The monoisotopic (exact) mass is 335 g/mol. The normalized spacial score (nSPS) is 11.6. The Bertz CT molecular complexity index is 901. The molecule has 2 aromatic carbocycles. The van der Waals surface area contributed by atoms with Crippen LogP contribution in [0.3, 0.4) is 0 Å². The zero-order valence-electron chi connectivity index (χ0n) is 14.8. The van der Waals surface area contributed by atoms with Gasteiger partial charge in [-0.2, -0.15) is 4.98 Å². The first-order chi connectivity index (χ1) is 12.0. The van der Waals surface area contributed by atoms with Crippen LogP contribution in [0.5, 0.6) is 5.75 Å². The van der Waals surface area contributed by atoms with E-state index in [1.54, 1.807) is 13.2 Å². The van der Waals surface area contributed by atoms with Gasteiger partial charge in [0.1, 0.15) is 5.75 Å². The summed E-state index contributed by atoms with van der Waals surface area (Å²) in [5.74, 6) is 1.73. The Balaban J connectivity index is 1.91. The first-order valence-electron chi connectivity index (χ1n) is 8.01. The second-order valence-corrected chi connectivity index (χ2v) is 6.06. The van der Waals surface area contributed by atoms with E-state index in [0.717, 1.165) is 28.0 Å². The van der Waals surface area contributed by atoms with E-state index < -0.39 is 0 Å². The molecule has 0 fully saturated rings. The van der Waals surface area contributed by atoms with Crippen LogP contribution in [0, 0.1) is 20.8 Å². The van der Waals surface area contributed by atoms with Crippen LogP contribution in [0.2, 0.25) is 0 Å². The zero-order chi connectivity index (χ0) is 18.0. The van der Waals surface area contributed by atoms with Crippen molar-refractivity contribution in [3.05, 3.63) is 64.5 Å². The molecule has 0 amide bonds. The Morgan fingerprint density at radius 1 is 1.08 bits per heavy atom. The molecule has 5 heteroatoms. The van der Waals surface area contributed by atoms with Gasteiger partial charge < -0.3 is 15.0 Å². The third-order valence-electron chi connectivity index (χ3n) is 4.04. The van der Waals surface area contributed by atoms with Crippen LogP contribution in [0.1, 0.15) is 28.1 Å². The number of nitrogens with two attached hydrogens (primary N) is 1. The van der Waals surface area contributed by atoms with Crippen molar-refractivity contribution in [3.8, 4) is 17.1 Å². The van der Waals surface area contributed by atoms with Crippen molar-refractivity contribution in [3.63, 3.8) is 0 Å². The lowest BCUT2D eigenvalue weighted by molar-refractivity contribution is 0.411. The SMILES string of the molecule is COc1ccc(/C(N)=C/c2nc(-c3c(C)cc(C)cc3C)no2)cc1. The molecule has 1 aromatic heterocycles. The summed E-state index contributed by atoms with van der Waals surface area (Å²) in [5.41, 5.74) is 12.0. The average Bonchev–Trinajstić information content (AvgIpc) is 3.02. The number of benzene rings is 2. The Labute approximate surface area is 147 Å². The molecular formula is C20H21N3O2. The van der Waals surface area contributed by atoms with E-state index in [4.69, 9.17) is 15.0 Å². The van der Waals surface area contributed by atoms with Gasteiger partial charge in [0.15, 0.2) is 0 Å². The lowest BCUT2D eigenvalue weighted by Gasteiger charge is -2.06. The van der Waals surface area contributed by atoms with E-state index in [1.165, 1.54) is 5.56 Å². The fourth-order valence-corrected chi connectivity index (χ4v) is 2.93. The standard InChI is InChI=1S/C20H21N3O2/c1-12-9-13(2)19(14(3)10-12)20-22-18(25-23-20)11-17(21)15-5-7-16(24-4)8-6-15/h5-11H,21H2,1-4H3/b17-11-. The molecule has 0 aliphatic rings. The maximum absolute atomic E-state index is 6.14. The van der Waals surface area contributed by atoms with Crippen molar-refractivity contribution in [2.24, 2.45) is 5.73 Å². The topological polar surface area (TPSA) is 74.2 Å². The maximum Gasteiger partial charge on any atom is 0.253 e. The van der Waals surface area contributed by atoms with Crippen LogP contribution in [0.4, 0.5) is 0 Å². The van der Waals surface area contributed by atoms with Gasteiger partial charge in [0.05, 0.1) is 7.11 Å². The van der Waals surface area contributed by atoms with Gasteiger partial charge in [-0.15, -0.1) is 0 Å². The summed E-state index contributed by atoms with van der Waals surface area (Å²) in [6, 6.07) is 11.7. The fraction of sp³-hybridized carbons (Fsp3) is 0.200. The van der Waals surface area contributed by atoms with Crippen molar-refractivity contribution >= 4 is 11.8 Å². The summed E-state index contributed by atoms with van der Waals surface area (Å²) in [7, 11) is 1.63. The van der Waals surface area contributed by atoms with E-state index in [2.05, 4.69) is 29.2 Å². The molecule has 0 atom stereocenters. The van der Waals surface area contributed by atoms with Crippen molar-refractivity contribution < 1.29 is 9.26 Å². The summed E-state index contributed by atoms with van der Waals surface area (Å²) >= 11 is 0. The molecule has 0 saturated carbocycles. The molecule has 0 saturated heterocycles. The van der Waals surface area contributed by atoms with E-state index in [-0.39, 0.29) is 0 Å². The first kappa shape index (κ1) is 16.8. The van der Waals surface area contributed by atoms with Crippen LogP contribution in [-0.4, -0.2) is 17.3 Å². The molecule has 128 valence electrons. The number of ether oxygens (including phenoxy) is 1. The minimum Gasteiger partial charge on any atom is -0.497 e. The second kappa shape index (κ2) is 6.81. The number of hydrogen-bond acceptors (Lipinski definition) is 5. The number of hydrogen-bond donors (Lipinski definition) is 1. The molecule has 2 N–H and O–H groups in total. The summed E-state index contributed by atoms with van der Waals surface area (Å²) in [6.07, 6.45) is 1.68. The number of nitrogens with zero attached hydrogens (tertiary/aromatic N) is 2. The molecule has 0 aliphatic heterocycles. The lowest BCUT2D eigenvalue weighted by Crippen LogP contribution is -1.96. The van der Waals surface area contributed by atoms with Crippen LogP contribution < -0.4 is 10.5 Å². The molecule has 3 rings (SSSR count). The Hall–Kier alpha value is -3.08. The Kier molecular flexibility index (Phi) is 4.57. The molecule has 0 radical (unpaired) electrons.